The molecule has 1 aromatic carbocycles. The number of nitrogens with one attached hydrogen (secondary N) is 1. The lowest BCUT2D eigenvalue weighted by Crippen LogP contribution is -2.54. The van der Waals surface area contributed by atoms with E-state index in [9.17, 15) is 23.1 Å². The van der Waals surface area contributed by atoms with Gasteiger partial charge in [-0.2, -0.15) is 0 Å². The van der Waals surface area contributed by atoms with Crippen LogP contribution in [0.2, 0.25) is 0 Å². The van der Waals surface area contributed by atoms with Gasteiger partial charge in [-0.05, 0) is 79.5 Å². The maximum absolute atomic E-state index is 14.6. The number of rotatable bonds is 5. The van der Waals surface area contributed by atoms with Crippen molar-refractivity contribution in [1.82, 2.24) is 9.97 Å². The lowest BCUT2D eigenvalue weighted by atomic mass is 9.68. The highest BCUT2D eigenvalue weighted by atomic mass is 19.1. The Hall–Kier alpha value is -3.30. The number of carbonyl (C=O) groups excluding carboxylic acids is 1. The topological polar surface area (TPSA) is 101 Å². The van der Waals surface area contributed by atoms with Gasteiger partial charge in [0.15, 0.2) is 0 Å². The van der Waals surface area contributed by atoms with Crippen molar-refractivity contribution in [3.63, 3.8) is 0 Å². The van der Waals surface area contributed by atoms with E-state index in [1.807, 2.05) is 6.92 Å². The summed E-state index contributed by atoms with van der Waals surface area (Å²) in [7, 11) is 0. The zero-order valence-electron chi connectivity index (χ0n) is 20.4. The predicted molar refractivity (Wildman–Crippen MR) is 131 cm³/mol. The summed E-state index contributed by atoms with van der Waals surface area (Å²) < 4.78 is 43.8. The van der Waals surface area contributed by atoms with E-state index >= 15 is 0 Å². The van der Waals surface area contributed by atoms with Crippen LogP contribution in [-0.2, 0) is 6.42 Å². The Bertz CT molecular complexity index is 1260. The van der Waals surface area contributed by atoms with Gasteiger partial charge in [-0.15, -0.1) is 0 Å². The smallest absolute Gasteiger partial charge is 0.274 e. The molecular weight excluding hydrogens is 469 g/mol. The zero-order chi connectivity index (χ0) is 26.2. The minimum Gasteiger partial charge on any atom is -0.388 e. The highest BCUT2D eigenvalue weighted by Crippen LogP contribution is 2.42. The van der Waals surface area contributed by atoms with E-state index in [0.29, 0.717) is 30.5 Å². The maximum atomic E-state index is 14.6. The molecule has 190 valence electrons. The van der Waals surface area contributed by atoms with Crippen LogP contribution in [0.25, 0.3) is 11.3 Å². The van der Waals surface area contributed by atoms with E-state index in [1.165, 1.54) is 6.20 Å². The van der Waals surface area contributed by atoms with E-state index in [4.69, 9.17) is 5.73 Å². The second-order valence-electron chi connectivity index (χ2n) is 9.63. The number of aliphatic hydroxyl groups is 1. The number of carbonyl (C=O) groups is 1. The highest BCUT2D eigenvalue weighted by molar-refractivity contribution is 6.03. The van der Waals surface area contributed by atoms with Gasteiger partial charge in [-0.1, -0.05) is 13.8 Å². The first-order chi connectivity index (χ1) is 17.0. The van der Waals surface area contributed by atoms with Gasteiger partial charge < -0.3 is 16.2 Å². The molecule has 9 heteroatoms. The number of nitrogens with two attached hydrogens (primary N) is 1. The van der Waals surface area contributed by atoms with Gasteiger partial charge in [-0.25, -0.2) is 18.2 Å². The molecular formula is C27H29F3N4O2. The first kappa shape index (κ1) is 25.8. The number of amides is 1. The molecule has 36 heavy (non-hydrogen) atoms. The Morgan fingerprint density at radius 2 is 1.86 bits per heavy atom. The minimum absolute atomic E-state index is 0.0365. The van der Waals surface area contributed by atoms with Crippen molar-refractivity contribution >= 4 is 11.6 Å². The van der Waals surface area contributed by atoms with E-state index < -0.39 is 46.3 Å². The molecule has 6 nitrogen and oxygen atoms in total. The van der Waals surface area contributed by atoms with Gasteiger partial charge in [0.2, 0.25) is 0 Å². The van der Waals surface area contributed by atoms with Crippen molar-refractivity contribution in [2.24, 2.45) is 11.7 Å². The van der Waals surface area contributed by atoms with Crippen molar-refractivity contribution in [3.05, 3.63) is 77.0 Å². The standard InChI is InChI=1S/C27H29F3N4O2/c1-4-15-10-19(29)24(20(30)11-15)25-18(28)5-6-21(33-25)26(35)34-22-13-32-8-7-17(22)16-9-14(2)27(3,36)23(31)12-16/h5-8,10-11,13-14,16,23,36H,4,9,12,31H2,1-3H3,(H,34,35)/t14-,16+,23+,27+/m0/s1. The molecule has 4 rings (SSSR count). The van der Waals surface area contributed by atoms with Crippen molar-refractivity contribution in [3.8, 4) is 11.3 Å². The van der Waals surface area contributed by atoms with E-state index in [0.717, 1.165) is 29.8 Å². The molecule has 0 spiro atoms. The summed E-state index contributed by atoms with van der Waals surface area (Å²) in [6.45, 7) is 5.40. The third kappa shape index (κ3) is 4.85. The molecule has 2 heterocycles. The van der Waals surface area contributed by atoms with Gasteiger partial charge in [0.05, 0.1) is 23.0 Å². The number of hydrogen-bond acceptors (Lipinski definition) is 5. The number of benzene rings is 1. The molecule has 0 unspecified atom stereocenters. The monoisotopic (exact) mass is 498 g/mol. The fourth-order valence-electron chi connectivity index (χ4n) is 4.78. The van der Waals surface area contributed by atoms with Crippen LogP contribution in [0.1, 0.15) is 61.1 Å². The van der Waals surface area contributed by atoms with Gasteiger partial charge in [0.25, 0.3) is 5.91 Å². The minimum atomic E-state index is -0.999. The van der Waals surface area contributed by atoms with Crippen LogP contribution in [0.5, 0.6) is 0 Å². The lowest BCUT2D eigenvalue weighted by Gasteiger charge is -2.44. The Morgan fingerprint density at radius 3 is 2.50 bits per heavy atom. The predicted octanol–water partition coefficient (Wildman–Crippen LogP) is 4.97. The first-order valence-electron chi connectivity index (χ1n) is 11.9. The number of anilines is 1. The number of nitrogens with zero attached hydrogens (tertiary/aromatic N) is 2. The maximum Gasteiger partial charge on any atom is 0.274 e. The molecule has 0 aliphatic heterocycles. The Balaban J connectivity index is 1.63. The van der Waals surface area contributed by atoms with Crippen LogP contribution in [0, 0.1) is 23.4 Å². The Labute approximate surface area is 207 Å². The molecule has 4 atom stereocenters. The molecule has 0 saturated heterocycles. The summed E-state index contributed by atoms with van der Waals surface area (Å²) in [6.07, 6.45) is 4.66. The average Bonchev–Trinajstić information content (AvgIpc) is 2.83. The fourth-order valence-corrected chi connectivity index (χ4v) is 4.78. The lowest BCUT2D eigenvalue weighted by molar-refractivity contribution is -0.0463. The van der Waals surface area contributed by atoms with Crippen LogP contribution in [0.4, 0.5) is 18.9 Å². The van der Waals surface area contributed by atoms with E-state index in [2.05, 4.69) is 15.3 Å². The molecule has 4 N–H and O–H groups in total. The third-order valence-corrected chi connectivity index (χ3v) is 7.29. The number of halogens is 3. The summed E-state index contributed by atoms with van der Waals surface area (Å²) in [4.78, 5) is 21.1. The number of aryl methyl sites for hydroxylation is 1. The van der Waals surface area contributed by atoms with Gasteiger partial charge in [0, 0.05) is 12.2 Å². The van der Waals surface area contributed by atoms with Crippen LogP contribution in [-0.4, -0.2) is 32.6 Å². The largest absolute Gasteiger partial charge is 0.388 e. The SMILES string of the molecule is CCc1cc(F)c(-c2nc(C(=O)Nc3cnccc3[C@H]3C[C@@H](N)[C@](C)(O)[C@@H](C)C3)ccc2F)c(F)c1. The molecule has 1 fully saturated rings. The Morgan fingerprint density at radius 1 is 1.17 bits per heavy atom. The van der Waals surface area contributed by atoms with Crippen molar-refractivity contribution in [1.29, 1.82) is 0 Å². The molecule has 1 aliphatic carbocycles. The molecule has 3 aromatic rings. The van der Waals surface area contributed by atoms with Gasteiger partial charge >= 0.3 is 0 Å². The van der Waals surface area contributed by atoms with Crippen LogP contribution >= 0.6 is 0 Å². The Kier molecular flexibility index (Phi) is 7.15. The van der Waals surface area contributed by atoms with Crippen molar-refractivity contribution < 1.29 is 23.1 Å². The summed E-state index contributed by atoms with van der Waals surface area (Å²) in [5, 5.41) is 13.4. The first-order valence-corrected chi connectivity index (χ1v) is 11.9. The molecule has 1 saturated carbocycles. The van der Waals surface area contributed by atoms with E-state index in [1.54, 1.807) is 26.1 Å². The molecule has 2 aromatic heterocycles. The summed E-state index contributed by atoms with van der Waals surface area (Å²) in [5.41, 5.74) is 5.46. The summed E-state index contributed by atoms with van der Waals surface area (Å²) >= 11 is 0. The van der Waals surface area contributed by atoms with Crippen LogP contribution in [0.15, 0.2) is 42.7 Å². The van der Waals surface area contributed by atoms with Crippen LogP contribution < -0.4 is 11.1 Å². The number of hydrogen-bond donors (Lipinski definition) is 3. The molecule has 0 radical (unpaired) electrons. The average molecular weight is 499 g/mol. The highest BCUT2D eigenvalue weighted by Gasteiger charge is 2.42. The molecule has 1 aliphatic rings. The quantitative estimate of drug-likeness (QED) is 0.461. The zero-order valence-corrected chi connectivity index (χ0v) is 20.4. The number of pyridine rings is 2. The normalized spacial score (nSPS) is 23.9. The summed E-state index contributed by atoms with van der Waals surface area (Å²) in [6, 6.07) is 5.69. The second-order valence-corrected chi connectivity index (χ2v) is 9.63. The van der Waals surface area contributed by atoms with Crippen molar-refractivity contribution in [2.75, 3.05) is 5.32 Å². The second kappa shape index (κ2) is 9.99. The number of aromatic nitrogens is 2. The summed E-state index contributed by atoms with van der Waals surface area (Å²) in [5.74, 6) is -3.66. The van der Waals surface area contributed by atoms with E-state index in [-0.39, 0.29) is 17.5 Å². The van der Waals surface area contributed by atoms with Gasteiger partial charge in [0.1, 0.15) is 28.8 Å². The third-order valence-electron chi connectivity index (χ3n) is 7.29. The molecule has 1 amide bonds. The fraction of sp³-hybridized carbons (Fsp3) is 0.370. The van der Waals surface area contributed by atoms with Crippen molar-refractivity contribution in [2.45, 2.75) is 57.6 Å². The van der Waals surface area contributed by atoms with Gasteiger partial charge in [-0.3, -0.25) is 9.78 Å². The molecule has 0 bridgehead atoms. The van der Waals surface area contributed by atoms with Crippen LogP contribution in [0.3, 0.4) is 0 Å².